The predicted molar refractivity (Wildman–Crippen MR) is 54.1 cm³/mol. The molecule has 0 saturated heterocycles. The quantitative estimate of drug-likeness (QED) is 0.774. The maximum atomic E-state index is 11.9. The third-order valence-electron chi connectivity index (χ3n) is 2.18. The fourth-order valence-corrected chi connectivity index (χ4v) is 2.45. The molecule has 80 valence electrons. The van der Waals surface area contributed by atoms with Crippen LogP contribution in [0.25, 0.3) is 11.0 Å². The molecule has 0 aliphatic carbocycles. The van der Waals surface area contributed by atoms with Gasteiger partial charge in [-0.1, -0.05) is 6.07 Å². The van der Waals surface area contributed by atoms with E-state index in [4.69, 9.17) is 0 Å². The van der Waals surface area contributed by atoms with Gasteiger partial charge in [0.05, 0.1) is 10.1 Å². The minimum absolute atomic E-state index is 0.177. The van der Waals surface area contributed by atoms with Gasteiger partial charge in [0, 0.05) is 0 Å². The summed E-state index contributed by atoms with van der Waals surface area (Å²) in [6.07, 6.45) is 0. The van der Waals surface area contributed by atoms with Crippen molar-refractivity contribution in [2.24, 2.45) is 0 Å². The highest BCUT2D eigenvalue weighted by molar-refractivity contribution is 7.92. The van der Waals surface area contributed by atoms with Crippen LogP contribution in [0.3, 0.4) is 0 Å². The van der Waals surface area contributed by atoms with Crippen molar-refractivity contribution in [1.29, 1.82) is 0 Å². The fraction of sp³-hybridized carbons (Fsp3) is 0.333. The molecular formula is C9H10N2O3S. The first-order chi connectivity index (χ1) is 7.03. The molecule has 0 amide bonds. The summed E-state index contributed by atoms with van der Waals surface area (Å²) in [6, 6.07) is 4.80. The lowest BCUT2D eigenvalue weighted by atomic mass is 10.3. The number of rotatable bonds is 2. The van der Waals surface area contributed by atoms with Crippen molar-refractivity contribution >= 4 is 20.9 Å². The van der Waals surface area contributed by atoms with Gasteiger partial charge >= 0.3 is 0 Å². The van der Waals surface area contributed by atoms with E-state index in [-0.39, 0.29) is 4.90 Å². The minimum atomic E-state index is -3.34. The van der Waals surface area contributed by atoms with Gasteiger partial charge in [-0.15, -0.1) is 0 Å². The van der Waals surface area contributed by atoms with Crippen LogP contribution in [0.2, 0.25) is 0 Å². The number of sulfone groups is 1. The van der Waals surface area contributed by atoms with Crippen molar-refractivity contribution in [1.82, 2.24) is 10.3 Å². The Morgan fingerprint density at radius 2 is 2.00 bits per heavy atom. The van der Waals surface area contributed by atoms with Crippen molar-refractivity contribution in [3.05, 3.63) is 18.2 Å². The van der Waals surface area contributed by atoms with Crippen molar-refractivity contribution in [2.45, 2.75) is 24.0 Å². The Labute approximate surface area is 87.0 Å². The number of nitrogens with zero attached hydrogens (tertiary/aromatic N) is 2. The molecule has 0 aliphatic heterocycles. The molecule has 0 saturated carbocycles. The van der Waals surface area contributed by atoms with E-state index in [1.165, 1.54) is 6.07 Å². The number of hydrogen-bond acceptors (Lipinski definition) is 5. The highest BCUT2D eigenvalue weighted by atomic mass is 32.2. The fourth-order valence-electron chi connectivity index (χ4n) is 1.26. The molecule has 0 spiro atoms. The summed E-state index contributed by atoms with van der Waals surface area (Å²) < 4.78 is 28.4. The number of benzene rings is 1. The molecule has 2 rings (SSSR count). The SMILES string of the molecule is CC(C)S(=O)(=O)c1cccc2nonc12. The van der Waals surface area contributed by atoms with Crippen LogP contribution in [0.5, 0.6) is 0 Å². The number of hydrogen-bond donors (Lipinski definition) is 0. The predicted octanol–water partition coefficient (Wildman–Crippen LogP) is 1.40. The van der Waals surface area contributed by atoms with E-state index in [2.05, 4.69) is 14.9 Å². The van der Waals surface area contributed by atoms with Gasteiger partial charge in [0.1, 0.15) is 5.52 Å². The van der Waals surface area contributed by atoms with Crippen molar-refractivity contribution in [3.8, 4) is 0 Å². The van der Waals surface area contributed by atoms with Gasteiger partial charge in [0.2, 0.25) is 0 Å². The van der Waals surface area contributed by atoms with Gasteiger partial charge < -0.3 is 0 Å². The van der Waals surface area contributed by atoms with Gasteiger partial charge in [-0.3, -0.25) is 0 Å². The first-order valence-corrected chi connectivity index (χ1v) is 6.03. The molecule has 15 heavy (non-hydrogen) atoms. The normalized spacial score (nSPS) is 12.5. The summed E-state index contributed by atoms with van der Waals surface area (Å²) in [6.45, 7) is 3.25. The standard InChI is InChI=1S/C9H10N2O3S/c1-6(2)15(12,13)8-5-3-4-7-9(8)11-14-10-7/h3-6H,1-2H3. The van der Waals surface area contributed by atoms with Crippen molar-refractivity contribution in [3.63, 3.8) is 0 Å². The molecule has 0 atom stereocenters. The largest absolute Gasteiger partial charge is 0.243 e. The van der Waals surface area contributed by atoms with E-state index in [1.807, 2.05) is 0 Å². The third-order valence-corrected chi connectivity index (χ3v) is 4.36. The average Bonchev–Trinajstić information content (AvgIpc) is 2.64. The average molecular weight is 226 g/mol. The Morgan fingerprint density at radius 1 is 1.27 bits per heavy atom. The third kappa shape index (κ3) is 1.50. The summed E-state index contributed by atoms with van der Waals surface area (Å²) >= 11 is 0. The van der Waals surface area contributed by atoms with Gasteiger partial charge in [0.15, 0.2) is 15.4 Å². The van der Waals surface area contributed by atoms with Crippen LogP contribution in [-0.2, 0) is 9.84 Å². The zero-order valence-corrected chi connectivity index (χ0v) is 9.15. The Balaban J connectivity index is 2.77. The summed E-state index contributed by atoms with van der Waals surface area (Å²) in [5, 5.41) is 6.72. The Hall–Kier alpha value is -1.43. The molecule has 1 heterocycles. The highest BCUT2D eigenvalue weighted by Gasteiger charge is 2.23. The van der Waals surface area contributed by atoms with E-state index in [9.17, 15) is 8.42 Å². The van der Waals surface area contributed by atoms with Gasteiger partial charge in [-0.25, -0.2) is 13.0 Å². The first-order valence-electron chi connectivity index (χ1n) is 4.48. The van der Waals surface area contributed by atoms with E-state index < -0.39 is 15.1 Å². The first kappa shape index (κ1) is 10.1. The van der Waals surface area contributed by atoms with Crippen LogP contribution in [0.15, 0.2) is 27.7 Å². The van der Waals surface area contributed by atoms with Crippen LogP contribution in [0, 0.1) is 0 Å². The highest BCUT2D eigenvalue weighted by Crippen LogP contribution is 2.23. The van der Waals surface area contributed by atoms with E-state index >= 15 is 0 Å². The second kappa shape index (κ2) is 3.30. The zero-order chi connectivity index (χ0) is 11.1. The lowest BCUT2D eigenvalue weighted by Gasteiger charge is -2.06. The number of aromatic nitrogens is 2. The van der Waals surface area contributed by atoms with E-state index in [0.29, 0.717) is 11.0 Å². The monoisotopic (exact) mass is 226 g/mol. The molecule has 6 heteroatoms. The summed E-state index contributed by atoms with van der Waals surface area (Å²) in [4.78, 5) is 0.177. The second-order valence-electron chi connectivity index (χ2n) is 3.48. The Kier molecular flexibility index (Phi) is 2.22. The maximum Gasteiger partial charge on any atom is 0.183 e. The van der Waals surface area contributed by atoms with Crippen LogP contribution < -0.4 is 0 Å². The zero-order valence-electron chi connectivity index (χ0n) is 8.34. The lowest BCUT2D eigenvalue weighted by molar-refractivity contribution is 0.315. The molecule has 0 N–H and O–H groups in total. The topological polar surface area (TPSA) is 73.1 Å². The molecule has 5 nitrogen and oxygen atoms in total. The van der Waals surface area contributed by atoms with Gasteiger partial charge in [-0.05, 0) is 36.3 Å². The smallest absolute Gasteiger partial charge is 0.183 e. The molecule has 1 aromatic heterocycles. The Bertz CT molecular complexity index is 586. The van der Waals surface area contributed by atoms with E-state index in [0.717, 1.165) is 0 Å². The molecule has 1 aromatic carbocycles. The second-order valence-corrected chi connectivity index (χ2v) is 5.95. The van der Waals surface area contributed by atoms with E-state index in [1.54, 1.807) is 26.0 Å². The molecule has 0 bridgehead atoms. The Morgan fingerprint density at radius 3 is 2.67 bits per heavy atom. The maximum absolute atomic E-state index is 11.9. The molecule has 0 aliphatic rings. The summed E-state index contributed by atoms with van der Waals surface area (Å²) in [5.41, 5.74) is 0.753. The summed E-state index contributed by atoms with van der Waals surface area (Å²) in [7, 11) is -3.34. The van der Waals surface area contributed by atoms with Crippen LogP contribution >= 0.6 is 0 Å². The molecular weight excluding hydrogens is 216 g/mol. The summed E-state index contributed by atoms with van der Waals surface area (Å²) in [5.74, 6) is 0. The van der Waals surface area contributed by atoms with Gasteiger partial charge in [0.25, 0.3) is 0 Å². The van der Waals surface area contributed by atoms with Gasteiger partial charge in [-0.2, -0.15) is 0 Å². The van der Waals surface area contributed by atoms with Crippen LogP contribution in [-0.4, -0.2) is 24.0 Å². The molecule has 0 fully saturated rings. The van der Waals surface area contributed by atoms with Crippen LogP contribution in [0.4, 0.5) is 0 Å². The minimum Gasteiger partial charge on any atom is -0.243 e. The molecule has 2 aromatic rings. The van der Waals surface area contributed by atoms with Crippen molar-refractivity contribution in [2.75, 3.05) is 0 Å². The molecule has 0 unspecified atom stereocenters. The molecule has 0 radical (unpaired) electrons. The number of fused-ring (bicyclic) bond motifs is 1. The van der Waals surface area contributed by atoms with Crippen LogP contribution in [0.1, 0.15) is 13.8 Å². The van der Waals surface area contributed by atoms with Crippen molar-refractivity contribution < 1.29 is 13.0 Å². The lowest BCUT2D eigenvalue weighted by Crippen LogP contribution is -2.14.